The van der Waals surface area contributed by atoms with Crippen molar-refractivity contribution >= 4 is 28.6 Å². The Kier molecular flexibility index (Phi) is 6.90. The molecule has 0 aliphatic carbocycles. The molecule has 1 spiro atoms. The summed E-state index contributed by atoms with van der Waals surface area (Å²) in [5, 5.41) is 18.7. The highest BCUT2D eigenvalue weighted by molar-refractivity contribution is 5.97. The number of nitrogens with one attached hydrogen (secondary N) is 1. The average Bonchev–Trinajstić information content (AvgIpc) is 3.60. The van der Waals surface area contributed by atoms with Crippen molar-refractivity contribution in [2.24, 2.45) is 5.41 Å². The quantitative estimate of drug-likeness (QED) is 0.469. The van der Waals surface area contributed by atoms with Crippen LogP contribution in [0.25, 0.3) is 22.2 Å². The van der Waals surface area contributed by atoms with Crippen LogP contribution >= 0.6 is 0 Å². The largest absolute Gasteiger partial charge is 0.378 e. The Labute approximate surface area is 234 Å². The number of hydrogen-bond acceptors (Lipinski definition) is 9. The number of likely N-dealkylation sites (tertiary alicyclic amines) is 1. The number of H-pyrrole nitrogens is 1. The second-order valence-electron chi connectivity index (χ2n) is 11.4. The van der Waals surface area contributed by atoms with E-state index in [4.69, 9.17) is 14.7 Å². The second-order valence-corrected chi connectivity index (χ2v) is 11.4. The number of aromatic nitrogens is 4. The molecule has 3 saturated heterocycles. The second kappa shape index (κ2) is 10.5. The SMILES string of the molecule is Cc1ccc2[nH]ncc2c1-c1nc(N2CCOCC2)nc(N2CCC3(CN(C(=O)C=CCN(C)C)C3)C2)c1C#N. The molecule has 0 saturated carbocycles. The highest BCUT2D eigenvalue weighted by Gasteiger charge is 2.49. The van der Waals surface area contributed by atoms with E-state index in [0.29, 0.717) is 49.3 Å². The number of morpholine rings is 1. The number of aryl methyl sites for hydroxylation is 1. The van der Waals surface area contributed by atoms with Gasteiger partial charge in [-0.2, -0.15) is 15.3 Å². The van der Waals surface area contributed by atoms with E-state index in [1.165, 1.54) is 0 Å². The first-order chi connectivity index (χ1) is 19.4. The minimum absolute atomic E-state index is 0.0164. The lowest BCUT2D eigenvalue weighted by Crippen LogP contribution is -2.59. The Morgan fingerprint density at radius 2 is 1.98 bits per heavy atom. The van der Waals surface area contributed by atoms with Crippen molar-refractivity contribution in [1.82, 2.24) is 30.0 Å². The fraction of sp³-hybridized carbons (Fsp3) is 0.483. The summed E-state index contributed by atoms with van der Waals surface area (Å²) in [4.78, 5) is 31.0. The molecule has 3 aliphatic heterocycles. The van der Waals surface area contributed by atoms with E-state index in [1.54, 1.807) is 12.3 Å². The number of ether oxygens (including phenoxy) is 1. The number of hydrogen-bond donors (Lipinski definition) is 1. The van der Waals surface area contributed by atoms with Gasteiger partial charge in [-0.3, -0.25) is 9.89 Å². The van der Waals surface area contributed by atoms with Crippen LogP contribution in [-0.2, 0) is 9.53 Å². The number of rotatable bonds is 6. The van der Waals surface area contributed by atoms with Crippen LogP contribution in [-0.4, -0.2) is 109 Å². The number of carbonyl (C=O) groups is 1. The van der Waals surface area contributed by atoms with Crippen molar-refractivity contribution in [1.29, 1.82) is 5.26 Å². The molecule has 6 rings (SSSR count). The van der Waals surface area contributed by atoms with E-state index in [1.807, 2.05) is 49.0 Å². The Bertz CT molecular complexity index is 1490. The van der Waals surface area contributed by atoms with E-state index in [2.05, 4.69) is 26.1 Å². The van der Waals surface area contributed by atoms with E-state index < -0.39 is 0 Å². The molecule has 1 amide bonds. The van der Waals surface area contributed by atoms with Crippen LogP contribution in [0, 0.1) is 23.7 Å². The number of benzene rings is 1. The molecule has 2 aromatic heterocycles. The maximum Gasteiger partial charge on any atom is 0.246 e. The van der Waals surface area contributed by atoms with Crippen molar-refractivity contribution in [3.63, 3.8) is 0 Å². The zero-order chi connectivity index (χ0) is 27.9. The van der Waals surface area contributed by atoms with Gasteiger partial charge in [-0.1, -0.05) is 12.1 Å². The molecule has 0 bridgehead atoms. The predicted molar refractivity (Wildman–Crippen MR) is 153 cm³/mol. The summed E-state index contributed by atoms with van der Waals surface area (Å²) in [6.45, 7) is 8.37. The van der Waals surface area contributed by atoms with Crippen LogP contribution in [0.3, 0.4) is 0 Å². The first-order valence-electron chi connectivity index (χ1n) is 13.8. The van der Waals surface area contributed by atoms with Crippen molar-refractivity contribution in [3.8, 4) is 17.3 Å². The van der Waals surface area contributed by atoms with Gasteiger partial charge in [0.15, 0.2) is 5.82 Å². The molecule has 208 valence electrons. The van der Waals surface area contributed by atoms with Crippen LogP contribution in [0.1, 0.15) is 17.5 Å². The topological polar surface area (TPSA) is 118 Å². The highest BCUT2D eigenvalue weighted by atomic mass is 16.5. The molecular formula is C29H35N9O2. The molecule has 3 fully saturated rings. The van der Waals surface area contributed by atoms with Gasteiger partial charge in [0.25, 0.3) is 0 Å². The molecular weight excluding hydrogens is 506 g/mol. The molecule has 0 unspecified atom stereocenters. The summed E-state index contributed by atoms with van der Waals surface area (Å²) in [7, 11) is 3.96. The Morgan fingerprint density at radius 3 is 2.73 bits per heavy atom. The van der Waals surface area contributed by atoms with Crippen molar-refractivity contribution in [3.05, 3.63) is 41.6 Å². The van der Waals surface area contributed by atoms with Crippen LogP contribution in [0.4, 0.5) is 11.8 Å². The Balaban J connectivity index is 1.34. The molecule has 3 aliphatic rings. The molecule has 1 N–H and O–H groups in total. The fourth-order valence-corrected chi connectivity index (χ4v) is 6.06. The van der Waals surface area contributed by atoms with Crippen LogP contribution in [0.15, 0.2) is 30.5 Å². The molecule has 40 heavy (non-hydrogen) atoms. The maximum atomic E-state index is 12.7. The van der Waals surface area contributed by atoms with Gasteiger partial charge in [-0.15, -0.1) is 0 Å². The Hall–Kier alpha value is -4.01. The van der Waals surface area contributed by atoms with Crippen molar-refractivity contribution in [2.75, 3.05) is 82.9 Å². The van der Waals surface area contributed by atoms with Gasteiger partial charge in [0.1, 0.15) is 11.6 Å². The summed E-state index contributed by atoms with van der Waals surface area (Å²) < 4.78 is 5.58. The van der Waals surface area contributed by atoms with Crippen LogP contribution in [0.5, 0.6) is 0 Å². The van der Waals surface area contributed by atoms with Gasteiger partial charge in [-0.05, 0) is 39.1 Å². The zero-order valence-electron chi connectivity index (χ0n) is 23.4. The lowest BCUT2D eigenvalue weighted by atomic mass is 9.79. The lowest BCUT2D eigenvalue weighted by Gasteiger charge is -2.47. The smallest absolute Gasteiger partial charge is 0.246 e. The van der Waals surface area contributed by atoms with Crippen molar-refractivity contribution < 1.29 is 9.53 Å². The van der Waals surface area contributed by atoms with Gasteiger partial charge >= 0.3 is 0 Å². The number of likely N-dealkylation sites (N-methyl/N-ethyl adjacent to an activating group) is 1. The minimum Gasteiger partial charge on any atom is -0.378 e. The predicted octanol–water partition coefficient (Wildman–Crippen LogP) is 2.19. The molecule has 0 atom stereocenters. The number of aromatic amines is 1. The van der Waals surface area contributed by atoms with E-state index in [0.717, 1.165) is 61.2 Å². The first-order valence-corrected chi connectivity index (χ1v) is 13.8. The number of nitriles is 1. The van der Waals surface area contributed by atoms with Gasteiger partial charge in [0.2, 0.25) is 11.9 Å². The van der Waals surface area contributed by atoms with Gasteiger partial charge in [-0.25, -0.2) is 4.98 Å². The standard InChI is InChI=1S/C29H35N9O2/c1-20-6-7-23-22(16-31-34-23)25(20)26-21(15-30)27(33-28(32-26)36-11-13-40-14-12-36)37-10-8-29(17-37)18-38(19-29)24(39)5-4-9-35(2)3/h4-7,16H,8-14,17-19H2,1-3H3,(H,31,34). The fourth-order valence-electron chi connectivity index (χ4n) is 6.06. The van der Waals surface area contributed by atoms with E-state index in [-0.39, 0.29) is 11.3 Å². The lowest BCUT2D eigenvalue weighted by molar-refractivity contribution is -0.136. The molecule has 3 aromatic rings. The highest BCUT2D eigenvalue weighted by Crippen LogP contribution is 2.43. The van der Waals surface area contributed by atoms with E-state index in [9.17, 15) is 10.1 Å². The summed E-state index contributed by atoms with van der Waals surface area (Å²) in [5.41, 5.74) is 3.95. The third kappa shape index (κ3) is 4.78. The number of nitrogens with zero attached hydrogens (tertiary/aromatic N) is 8. The summed E-state index contributed by atoms with van der Waals surface area (Å²) in [6, 6.07) is 6.49. The number of carbonyl (C=O) groups excluding carboxylic acids is 1. The van der Waals surface area contributed by atoms with E-state index >= 15 is 0 Å². The monoisotopic (exact) mass is 541 g/mol. The third-order valence-corrected chi connectivity index (χ3v) is 8.19. The minimum atomic E-state index is 0.0164. The molecule has 5 heterocycles. The average molecular weight is 542 g/mol. The maximum absolute atomic E-state index is 12.7. The van der Waals surface area contributed by atoms with Crippen molar-refractivity contribution in [2.45, 2.75) is 13.3 Å². The van der Waals surface area contributed by atoms with Gasteiger partial charge in [0, 0.05) is 68.3 Å². The Morgan fingerprint density at radius 1 is 1.18 bits per heavy atom. The molecule has 1 aromatic carbocycles. The van der Waals surface area contributed by atoms with Gasteiger partial charge in [0.05, 0.1) is 30.6 Å². The summed E-state index contributed by atoms with van der Waals surface area (Å²) >= 11 is 0. The third-order valence-electron chi connectivity index (χ3n) is 8.19. The first kappa shape index (κ1) is 26.2. The number of amides is 1. The van der Waals surface area contributed by atoms with Crippen LogP contribution < -0.4 is 9.80 Å². The molecule has 11 heteroatoms. The van der Waals surface area contributed by atoms with Crippen LogP contribution in [0.2, 0.25) is 0 Å². The van der Waals surface area contributed by atoms with Gasteiger partial charge < -0.3 is 24.3 Å². The zero-order valence-corrected chi connectivity index (χ0v) is 23.4. The molecule has 11 nitrogen and oxygen atoms in total. The normalized spacial score (nSPS) is 18.7. The number of anilines is 2. The molecule has 0 radical (unpaired) electrons. The summed E-state index contributed by atoms with van der Waals surface area (Å²) in [5.74, 6) is 1.34. The summed E-state index contributed by atoms with van der Waals surface area (Å²) in [6.07, 6.45) is 6.33. The number of fused-ring (bicyclic) bond motifs is 1.